The van der Waals surface area contributed by atoms with Crippen LogP contribution in [0.5, 0.6) is 0 Å². The van der Waals surface area contributed by atoms with Gasteiger partial charge >= 0.3 is 5.97 Å². The number of carbonyl (C=O) groups is 1. The Labute approximate surface area is 153 Å². The fraction of sp³-hybridized carbons (Fsp3) is 0.750. The third-order valence-electron chi connectivity index (χ3n) is 7.61. The first-order valence-electron chi connectivity index (χ1n) is 9.39. The first-order valence-corrected chi connectivity index (χ1v) is 9.39. The largest absolute Gasteiger partial charge is 0.458 e. The first kappa shape index (κ1) is 18.2. The molecule has 0 radical (unpaired) electrons. The molecule has 6 heteroatoms. The maximum atomic E-state index is 11.9. The molecule has 3 aliphatic carbocycles. The van der Waals surface area contributed by atoms with Gasteiger partial charge in [-0.1, -0.05) is 19.1 Å². The smallest absolute Gasteiger partial charge is 0.334 e. The highest BCUT2D eigenvalue weighted by Gasteiger charge is 2.70. The van der Waals surface area contributed by atoms with Crippen molar-refractivity contribution in [3.8, 4) is 0 Å². The summed E-state index contributed by atoms with van der Waals surface area (Å²) in [5.41, 5.74) is -3.69. The van der Waals surface area contributed by atoms with E-state index in [2.05, 4.69) is 0 Å². The summed E-state index contributed by atoms with van der Waals surface area (Å²) in [7, 11) is 0. The van der Waals surface area contributed by atoms with E-state index in [0.29, 0.717) is 19.3 Å². The number of fused-ring (bicyclic) bond motifs is 4. The second-order valence-corrected chi connectivity index (χ2v) is 9.26. The number of hydrogen-bond donors (Lipinski definition) is 4. The van der Waals surface area contributed by atoms with E-state index in [1.54, 1.807) is 26.0 Å². The molecule has 26 heavy (non-hydrogen) atoms. The maximum Gasteiger partial charge on any atom is 0.334 e. The topological polar surface area (TPSA) is 107 Å². The third kappa shape index (κ3) is 1.99. The Kier molecular flexibility index (Phi) is 3.63. The highest BCUT2D eigenvalue weighted by Crippen LogP contribution is 2.63. The Morgan fingerprint density at radius 3 is 2.62 bits per heavy atom. The van der Waals surface area contributed by atoms with Crippen LogP contribution < -0.4 is 0 Å². The number of aliphatic hydroxyl groups excluding tert-OH is 1. The van der Waals surface area contributed by atoms with Crippen LogP contribution in [0.1, 0.15) is 46.5 Å². The molecule has 0 amide bonds. The molecular formula is C20H28O6. The first-order chi connectivity index (χ1) is 12.0. The second kappa shape index (κ2) is 5.19. The van der Waals surface area contributed by atoms with Gasteiger partial charge in [-0.2, -0.15) is 0 Å². The zero-order chi connectivity index (χ0) is 19.1. The molecule has 0 saturated heterocycles. The zero-order valence-corrected chi connectivity index (χ0v) is 15.5. The number of ether oxygens (including phenoxy) is 1. The van der Waals surface area contributed by atoms with Crippen molar-refractivity contribution in [1.29, 1.82) is 0 Å². The van der Waals surface area contributed by atoms with E-state index in [0.717, 1.165) is 11.1 Å². The van der Waals surface area contributed by atoms with Crippen LogP contribution in [0, 0.1) is 17.3 Å². The molecule has 3 unspecified atom stereocenters. The molecule has 4 aliphatic rings. The van der Waals surface area contributed by atoms with Gasteiger partial charge in [-0.25, -0.2) is 4.79 Å². The predicted molar refractivity (Wildman–Crippen MR) is 92.9 cm³/mol. The van der Waals surface area contributed by atoms with Gasteiger partial charge in [0.15, 0.2) is 0 Å². The fourth-order valence-electron chi connectivity index (χ4n) is 5.94. The molecule has 0 aromatic heterocycles. The van der Waals surface area contributed by atoms with Gasteiger partial charge in [0, 0.05) is 16.9 Å². The minimum Gasteiger partial charge on any atom is -0.458 e. The summed E-state index contributed by atoms with van der Waals surface area (Å²) in [5, 5.41) is 44.5. The van der Waals surface area contributed by atoms with Crippen molar-refractivity contribution in [1.82, 2.24) is 0 Å². The lowest BCUT2D eigenvalue weighted by Crippen LogP contribution is -2.75. The van der Waals surface area contributed by atoms with Crippen molar-refractivity contribution in [3.63, 3.8) is 0 Å². The van der Waals surface area contributed by atoms with Crippen molar-refractivity contribution in [3.05, 3.63) is 23.3 Å². The Morgan fingerprint density at radius 2 is 1.96 bits per heavy atom. The molecule has 0 aromatic carbocycles. The van der Waals surface area contributed by atoms with E-state index in [1.807, 2.05) is 6.92 Å². The maximum absolute atomic E-state index is 11.9. The minimum absolute atomic E-state index is 0.0847. The highest BCUT2D eigenvalue weighted by atomic mass is 16.5. The standard InChI is InChI=1S/C20H28O6/c1-17(2,23)14-6-9-20(25)18(3)7-4-11-12(10-26-16(11)22)13(18)5-8-19(20,24)15(14)21/h6,9,13-15,21,23-25H,4-5,7-8,10H2,1-3H3/t13?,14?,15-,18+,19?,20-/m1/s1. The average Bonchev–Trinajstić information content (AvgIpc) is 2.91. The van der Waals surface area contributed by atoms with E-state index in [-0.39, 0.29) is 24.9 Å². The van der Waals surface area contributed by atoms with Crippen LogP contribution in [0.25, 0.3) is 0 Å². The SMILES string of the molecule is CC(C)(O)C1C=C[C@]2(O)C(O)(CCC3C4=C(CC[C@@]32C)C(=O)OC4)[C@@H]1O. The summed E-state index contributed by atoms with van der Waals surface area (Å²) in [5.74, 6) is -1.03. The van der Waals surface area contributed by atoms with E-state index >= 15 is 0 Å². The van der Waals surface area contributed by atoms with Gasteiger partial charge < -0.3 is 25.2 Å². The monoisotopic (exact) mass is 364 g/mol. The van der Waals surface area contributed by atoms with Crippen LogP contribution >= 0.6 is 0 Å². The summed E-state index contributed by atoms with van der Waals surface area (Å²) in [6.45, 7) is 5.36. The van der Waals surface area contributed by atoms with Gasteiger partial charge in [-0.05, 0) is 51.0 Å². The van der Waals surface area contributed by atoms with Gasteiger partial charge in [0.2, 0.25) is 0 Å². The lowest BCUT2D eigenvalue weighted by Gasteiger charge is -2.64. The minimum atomic E-state index is -1.75. The quantitative estimate of drug-likeness (QED) is 0.406. The number of hydrogen-bond acceptors (Lipinski definition) is 6. The summed E-state index contributed by atoms with van der Waals surface area (Å²) in [6, 6.07) is 0. The summed E-state index contributed by atoms with van der Waals surface area (Å²) in [4.78, 5) is 11.9. The van der Waals surface area contributed by atoms with Gasteiger partial charge in [-0.15, -0.1) is 0 Å². The number of carbonyl (C=O) groups excluding carboxylic acids is 1. The lowest BCUT2D eigenvalue weighted by molar-refractivity contribution is -0.279. The lowest BCUT2D eigenvalue weighted by atomic mass is 9.45. The molecule has 4 rings (SSSR count). The Morgan fingerprint density at radius 1 is 1.27 bits per heavy atom. The summed E-state index contributed by atoms with van der Waals surface area (Å²) in [6.07, 6.45) is 3.69. The van der Waals surface area contributed by atoms with Gasteiger partial charge in [0.1, 0.15) is 17.8 Å². The number of rotatable bonds is 1. The van der Waals surface area contributed by atoms with E-state index < -0.39 is 34.2 Å². The van der Waals surface area contributed by atoms with Crippen LogP contribution in [0.4, 0.5) is 0 Å². The van der Waals surface area contributed by atoms with Crippen LogP contribution in [0.15, 0.2) is 23.3 Å². The van der Waals surface area contributed by atoms with Crippen molar-refractivity contribution >= 4 is 5.97 Å². The van der Waals surface area contributed by atoms with E-state index in [4.69, 9.17) is 4.74 Å². The van der Waals surface area contributed by atoms with Crippen molar-refractivity contribution < 1.29 is 30.0 Å². The molecule has 1 fully saturated rings. The summed E-state index contributed by atoms with van der Waals surface area (Å²) >= 11 is 0. The van der Waals surface area contributed by atoms with Crippen molar-refractivity contribution in [2.24, 2.45) is 17.3 Å². The van der Waals surface area contributed by atoms with Crippen molar-refractivity contribution in [2.75, 3.05) is 6.61 Å². The molecule has 1 aliphatic heterocycles. The zero-order valence-electron chi connectivity index (χ0n) is 15.5. The Balaban J connectivity index is 1.82. The number of aliphatic hydroxyl groups is 4. The third-order valence-corrected chi connectivity index (χ3v) is 7.61. The number of cyclic esters (lactones) is 1. The average molecular weight is 364 g/mol. The van der Waals surface area contributed by atoms with Crippen LogP contribution in [0.3, 0.4) is 0 Å². The molecule has 1 heterocycles. The Bertz CT molecular complexity index is 718. The van der Waals surface area contributed by atoms with Crippen molar-refractivity contribution in [2.45, 2.75) is 69.4 Å². The molecule has 0 bridgehead atoms. The normalized spacial score (nSPS) is 48.0. The van der Waals surface area contributed by atoms with Crippen LogP contribution in [-0.4, -0.2) is 55.9 Å². The van der Waals surface area contributed by atoms with Gasteiger partial charge in [0.05, 0.1) is 11.7 Å². The molecular weight excluding hydrogens is 336 g/mol. The summed E-state index contributed by atoms with van der Waals surface area (Å²) < 4.78 is 5.21. The molecule has 4 N–H and O–H groups in total. The molecule has 1 saturated carbocycles. The van der Waals surface area contributed by atoms with Gasteiger partial charge in [0.25, 0.3) is 0 Å². The molecule has 144 valence electrons. The number of esters is 1. The van der Waals surface area contributed by atoms with Crippen LogP contribution in [-0.2, 0) is 9.53 Å². The Hall–Kier alpha value is -1.21. The molecule has 0 spiro atoms. The highest BCUT2D eigenvalue weighted by molar-refractivity contribution is 5.92. The molecule has 0 aromatic rings. The van der Waals surface area contributed by atoms with E-state index in [9.17, 15) is 25.2 Å². The molecule has 6 nitrogen and oxygen atoms in total. The molecule has 6 atom stereocenters. The van der Waals surface area contributed by atoms with Crippen LogP contribution in [0.2, 0.25) is 0 Å². The predicted octanol–water partition coefficient (Wildman–Crippen LogP) is 0.830. The second-order valence-electron chi connectivity index (χ2n) is 9.26. The van der Waals surface area contributed by atoms with Gasteiger partial charge in [-0.3, -0.25) is 0 Å². The van der Waals surface area contributed by atoms with E-state index in [1.165, 1.54) is 0 Å². The fourth-order valence-corrected chi connectivity index (χ4v) is 5.94.